The zero-order chi connectivity index (χ0) is 14.0. The average Bonchev–Trinajstić information content (AvgIpc) is 2.67. The van der Waals surface area contributed by atoms with E-state index in [0.717, 1.165) is 5.69 Å². The zero-order valence-electron chi connectivity index (χ0n) is 10.9. The Balaban J connectivity index is 2.42. The van der Waals surface area contributed by atoms with Crippen LogP contribution in [0.25, 0.3) is 0 Å². The van der Waals surface area contributed by atoms with Crippen LogP contribution in [0.3, 0.4) is 0 Å². The molecule has 2 rings (SSSR count). The smallest absolute Gasteiger partial charge is 0.339 e. The molecule has 0 radical (unpaired) electrons. The van der Waals surface area contributed by atoms with Crippen LogP contribution in [0, 0.1) is 6.92 Å². The van der Waals surface area contributed by atoms with Crippen LogP contribution < -0.4 is 9.47 Å². The molecule has 100 valence electrons. The third kappa shape index (κ3) is 2.67. The van der Waals surface area contributed by atoms with Crippen molar-refractivity contribution in [2.45, 2.75) is 6.92 Å². The van der Waals surface area contributed by atoms with Gasteiger partial charge in [0.2, 0.25) is 5.88 Å². The van der Waals surface area contributed by atoms with Crippen LogP contribution in [0.2, 0.25) is 0 Å². The summed E-state index contributed by atoms with van der Waals surface area (Å²) in [4.78, 5) is 11.2. The number of aromatic nitrogens is 2. The molecule has 1 aromatic carbocycles. The number of rotatable bonds is 4. The van der Waals surface area contributed by atoms with Crippen LogP contribution >= 0.6 is 0 Å². The number of methoxy groups -OCH3 is 1. The van der Waals surface area contributed by atoms with Gasteiger partial charge in [-0.15, -0.1) is 0 Å². The third-order valence-corrected chi connectivity index (χ3v) is 2.59. The first-order valence-electron chi connectivity index (χ1n) is 5.61. The van der Waals surface area contributed by atoms with E-state index in [1.807, 2.05) is 6.92 Å². The lowest BCUT2D eigenvalue weighted by Crippen LogP contribution is -2.02. The van der Waals surface area contributed by atoms with E-state index >= 15 is 0 Å². The Bertz CT molecular complexity index is 619. The van der Waals surface area contributed by atoms with Crippen LogP contribution in [0.5, 0.6) is 17.4 Å². The molecular weight excluding hydrogens is 248 g/mol. The summed E-state index contributed by atoms with van der Waals surface area (Å²) in [6.45, 7) is 1.83. The summed E-state index contributed by atoms with van der Waals surface area (Å²) in [5, 5.41) is 13.3. The first kappa shape index (κ1) is 12.9. The van der Waals surface area contributed by atoms with Gasteiger partial charge in [0.1, 0.15) is 17.1 Å². The summed E-state index contributed by atoms with van der Waals surface area (Å²) < 4.78 is 12.2. The highest BCUT2D eigenvalue weighted by molar-refractivity contribution is 5.91. The largest absolute Gasteiger partial charge is 0.497 e. The van der Waals surface area contributed by atoms with Crippen LogP contribution in [0.15, 0.2) is 24.3 Å². The lowest BCUT2D eigenvalue weighted by atomic mass is 10.2. The van der Waals surface area contributed by atoms with Gasteiger partial charge < -0.3 is 14.6 Å². The molecule has 1 N–H and O–H groups in total. The third-order valence-electron chi connectivity index (χ3n) is 2.59. The molecule has 2 aromatic rings. The highest BCUT2D eigenvalue weighted by atomic mass is 16.5. The summed E-state index contributed by atoms with van der Waals surface area (Å²) in [6, 6.07) is 6.28. The van der Waals surface area contributed by atoms with Gasteiger partial charge in [-0.05, 0) is 19.1 Å². The summed E-state index contributed by atoms with van der Waals surface area (Å²) in [5.74, 6) is 0.151. The molecule has 0 aliphatic rings. The van der Waals surface area contributed by atoms with Crippen molar-refractivity contribution in [3.63, 3.8) is 0 Å². The minimum atomic E-state index is -1.06. The summed E-state index contributed by atoms with van der Waals surface area (Å²) >= 11 is 0. The van der Waals surface area contributed by atoms with E-state index in [9.17, 15) is 4.79 Å². The molecule has 1 aromatic heterocycles. The molecular formula is C13H14N2O4. The van der Waals surface area contributed by atoms with E-state index in [0.29, 0.717) is 11.6 Å². The van der Waals surface area contributed by atoms with Gasteiger partial charge in [0.25, 0.3) is 0 Å². The van der Waals surface area contributed by atoms with Gasteiger partial charge in [-0.2, -0.15) is 5.10 Å². The fraction of sp³-hybridized carbons (Fsp3) is 0.231. The quantitative estimate of drug-likeness (QED) is 0.914. The number of ether oxygens (including phenoxy) is 2. The maximum atomic E-state index is 11.2. The number of aromatic carboxylic acids is 1. The first-order chi connectivity index (χ1) is 9.01. The van der Waals surface area contributed by atoms with Gasteiger partial charge in [0.05, 0.1) is 12.8 Å². The van der Waals surface area contributed by atoms with Crippen LogP contribution in [0.4, 0.5) is 0 Å². The van der Waals surface area contributed by atoms with Crippen molar-refractivity contribution in [3.8, 4) is 17.4 Å². The van der Waals surface area contributed by atoms with Crippen LogP contribution in [-0.4, -0.2) is 28.0 Å². The average molecular weight is 262 g/mol. The van der Waals surface area contributed by atoms with Crippen molar-refractivity contribution in [2.75, 3.05) is 7.11 Å². The topological polar surface area (TPSA) is 73.6 Å². The number of carboxylic acid groups (broad SMARTS) is 1. The Hall–Kier alpha value is -2.50. The van der Waals surface area contributed by atoms with Gasteiger partial charge in [-0.25, -0.2) is 9.48 Å². The normalized spacial score (nSPS) is 10.3. The second-order valence-corrected chi connectivity index (χ2v) is 4.02. The fourth-order valence-electron chi connectivity index (χ4n) is 1.69. The molecule has 0 aliphatic heterocycles. The molecule has 1 heterocycles. The highest BCUT2D eigenvalue weighted by Crippen LogP contribution is 2.29. The van der Waals surface area contributed by atoms with Crippen molar-refractivity contribution in [2.24, 2.45) is 7.05 Å². The number of nitrogens with zero attached hydrogens (tertiary/aromatic N) is 2. The predicted molar refractivity (Wildman–Crippen MR) is 68.0 cm³/mol. The number of hydrogen-bond acceptors (Lipinski definition) is 4. The van der Waals surface area contributed by atoms with Gasteiger partial charge in [0, 0.05) is 19.2 Å². The monoisotopic (exact) mass is 262 g/mol. The Kier molecular flexibility index (Phi) is 3.41. The molecule has 0 unspecified atom stereocenters. The molecule has 0 saturated heterocycles. The van der Waals surface area contributed by atoms with Gasteiger partial charge in [0.15, 0.2) is 0 Å². The first-order valence-corrected chi connectivity index (χ1v) is 5.61. The molecule has 0 atom stereocenters. The molecule has 6 heteroatoms. The summed E-state index contributed by atoms with van der Waals surface area (Å²) in [7, 11) is 3.23. The Morgan fingerprint density at radius 1 is 1.37 bits per heavy atom. The number of carbonyl (C=O) groups is 1. The second-order valence-electron chi connectivity index (χ2n) is 4.02. The van der Waals surface area contributed by atoms with E-state index < -0.39 is 5.97 Å². The lowest BCUT2D eigenvalue weighted by Gasteiger charge is -2.10. The second kappa shape index (κ2) is 5.01. The van der Waals surface area contributed by atoms with Gasteiger partial charge in [-0.3, -0.25) is 0 Å². The molecule has 0 bridgehead atoms. The van der Waals surface area contributed by atoms with E-state index in [1.165, 1.54) is 19.2 Å². The number of aryl methyl sites for hydroxylation is 2. The molecule has 0 amide bonds. The molecule has 19 heavy (non-hydrogen) atoms. The van der Waals surface area contributed by atoms with E-state index in [4.69, 9.17) is 14.6 Å². The SMILES string of the molecule is COc1ccc(C(=O)O)c(Oc2cc(C)nn2C)c1. The lowest BCUT2D eigenvalue weighted by molar-refractivity contribution is 0.0694. The highest BCUT2D eigenvalue weighted by Gasteiger charge is 2.15. The van der Waals surface area contributed by atoms with Crippen molar-refractivity contribution >= 4 is 5.97 Å². The molecule has 0 saturated carbocycles. The summed E-state index contributed by atoms with van der Waals surface area (Å²) in [5.41, 5.74) is 0.858. The van der Waals surface area contributed by atoms with E-state index in [-0.39, 0.29) is 11.3 Å². The zero-order valence-corrected chi connectivity index (χ0v) is 10.9. The molecule has 0 spiro atoms. The molecule has 6 nitrogen and oxygen atoms in total. The predicted octanol–water partition coefficient (Wildman–Crippen LogP) is 2.23. The molecule has 0 aliphatic carbocycles. The van der Waals surface area contributed by atoms with E-state index in [1.54, 1.807) is 23.9 Å². The standard InChI is InChI=1S/C13H14N2O4/c1-8-6-12(15(2)14-8)19-11-7-9(18-3)4-5-10(11)13(16)17/h4-7H,1-3H3,(H,16,17). The number of carboxylic acids is 1. The van der Waals surface area contributed by atoms with Crippen molar-refractivity contribution in [1.82, 2.24) is 9.78 Å². The Labute approximate surface area is 110 Å². The minimum Gasteiger partial charge on any atom is -0.497 e. The summed E-state index contributed by atoms with van der Waals surface area (Å²) in [6.07, 6.45) is 0. The Morgan fingerprint density at radius 2 is 2.11 bits per heavy atom. The Morgan fingerprint density at radius 3 is 2.63 bits per heavy atom. The maximum absolute atomic E-state index is 11.2. The van der Waals surface area contributed by atoms with Crippen molar-refractivity contribution in [1.29, 1.82) is 0 Å². The van der Waals surface area contributed by atoms with Gasteiger partial charge >= 0.3 is 5.97 Å². The number of benzene rings is 1. The minimum absolute atomic E-state index is 0.0691. The molecule has 0 fully saturated rings. The van der Waals surface area contributed by atoms with Crippen molar-refractivity contribution in [3.05, 3.63) is 35.5 Å². The van der Waals surface area contributed by atoms with E-state index in [2.05, 4.69) is 5.10 Å². The maximum Gasteiger partial charge on any atom is 0.339 e. The van der Waals surface area contributed by atoms with Gasteiger partial charge in [-0.1, -0.05) is 0 Å². The van der Waals surface area contributed by atoms with Crippen LogP contribution in [0.1, 0.15) is 16.1 Å². The van der Waals surface area contributed by atoms with Crippen molar-refractivity contribution < 1.29 is 19.4 Å². The fourth-order valence-corrected chi connectivity index (χ4v) is 1.69. The van der Waals surface area contributed by atoms with Crippen LogP contribution in [-0.2, 0) is 7.05 Å². The number of hydrogen-bond donors (Lipinski definition) is 1.